The largest absolute Gasteiger partial charge is 0.488 e. The minimum atomic E-state index is -0.182. The van der Waals surface area contributed by atoms with E-state index in [4.69, 9.17) is 16.3 Å². The average Bonchev–Trinajstić information content (AvgIpc) is 3.16. The molecule has 1 aliphatic heterocycles. The van der Waals surface area contributed by atoms with Crippen LogP contribution in [0.4, 0.5) is 9.93 Å². The molecule has 2 heterocycles. The van der Waals surface area contributed by atoms with Gasteiger partial charge < -0.3 is 10.1 Å². The van der Waals surface area contributed by atoms with E-state index in [2.05, 4.69) is 25.7 Å². The van der Waals surface area contributed by atoms with E-state index in [-0.39, 0.29) is 18.2 Å². The van der Waals surface area contributed by atoms with Crippen molar-refractivity contribution in [3.05, 3.63) is 34.3 Å². The van der Waals surface area contributed by atoms with E-state index in [1.165, 1.54) is 17.8 Å². The van der Waals surface area contributed by atoms with Gasteiger partial charge in [0.25, 0.3) is 0 Å². The normalized spacial score (nSPS) is 22.3. The number of nitrogens with zero attached hydrogens (tertiary/aromatic N) is 3. The molecule has 9 heteroatoms. The van der Waals surface area contributed by atoms with E-state index in [1.807, 2.05) is 31.2 Å². The van der Waals surface area contributed by atoms with Crippen LogP contribution in [0.5, 0.6) is 5.75 Å². The number of carbonyl (C=O) groups is 1. The number of aromatic nitrogens is 2. The summed E-state index contributed by atoms with van der Waals surface area (Å²) in [5.74, 6) is 1.32. The SMILES string of the molecule is CCc1nnc(NC(=O)N[C@@H]2CCCC[C@@H]2CN2CC(Oc3ccc(Cl)cc3)C2)s1. The number of aryl methyl sites for hydroxylation is 1. The lowest BCUT2D eigenvalue weighted by atomic mass is 9.83. The van der Waals surface area contributed by atoms with Gasteiger partial charge in [-0.25, -0.2) is 4.79 Å². The van der Waals surface area contributed by atoms with Gasteiger partial charge in [-0.05, 0) is 49.4 Å². The van der Waals surface area contributed by atoms with Crippen molar-refractivity contribution in [2.24, 2.45) is 5.92 Å². The molecule has 2 fully saturated rings. The van der Waals surface area contributed by atoms with Gasteiger partial charge in [0.15, 0.2) is 0 Å². The molecular formula is C21H28ClN5O2S. The van der Waals surface area contributed by atoms with Gasteiger partial charge in [-0.2, -0.15) is 0 Å². The highest BCUT2D eigenvalue weighted by Crippen LogP contribution is 2.28. The molecule has 1 saturated heterocycles. The van der Waals surface area contributed by atoms with Crippen molar-refractivity contribution in [1.29, 1.82) is 0 Å². The Morgan fingerprint density at radius 2 is 2.00 bits per heavy atom. The molecule has 0 spiro atoms. The molecule has 30 heavy (non-hydrogen) atoms. The summed E-state index contributed by atoms with van der Waals surface area (Å²) >= 11 is 7.35. The van der Waals surface area contributed by atoms with Gasteiger partial charge in [0.1, 0.15) is 16.9 Å². The van der Waals surface area contributed by atoms with Crippen LogP contribution < -0.4 is 15.4 Å². The standard InChI is InChI=1S/C21H28ClN5O2S/c1-2-19-25-26-21(30-19)24-20(28)23-18-6-4-3-5-14(18)11-27-12-17(13-27)29-16-9-7-15(22)8-10-16/h7-10,14,17-18H,2-6,11-13H2,1H3,(H2,23,24,26,28)/t14-,18-/m1/s1. The van der Waals surface area contributed by atoms with Crippen LogP contribution in [0.15, 0.2) is 24.3 Å². The van der Waals surface area contributed by atoms with Crippen LogP contribution in [-0.2, 0) is 6.42 Å². The molecule has 2 amide bonds. The first-order valence-corrected chi connectivity index (χ1v) is 11.8. The zero-order valence-electron chi connectivity index (χ0n) is 17.1. The Hall–Kier alpha value is -1.90. The maximum Gasteiger partial charge on any atom is 0.321 e. The van der Waals surface area contributed by atoms with Crippen molar-refractivity contribution < 1.29 is 9.53 Å². The number of ether oxygens (including phenoxy) is 1. The summed E-state index contributed by atoms with van der Waals surface area (Å²) in [7, 11) is 0. The third kappa shape index (κ3) is 5.62. The van der Waals surface area contributed by atoms with E-state index < -0.39 is 0 Å². The topological polar surface area (TPSA) is 79.4 Å². The number of urea groups is 1. The van der Waals surface area contributed by atoms with Crippen LogP contribution in [0.2, 0.25) is 5.02 Å². The molecule has 4 rings (SSSR count). The molecule has 2 aromatic rings. The molecule has 1 saturated carbocycles. The summed E-state index contributed by atoms with van der Waals surface area (Å²) in [4.78, 5) is 14.9. The molecule has 162 valence electrons. The summed E-state index contributed by atoms with van der Waals surface area (Å²) in [6.45, 7) is 4.85. The van der Waals surface area contributed by atoms with E-state index >= 15 is 0 Å². The van der Waals surface area contributed by atoms with Gasteiger partial charge >= 0.3 is 6.03 Å². The summed E-state index contributed by atoms with van der Waals surface area (Å²) in [6.07, 6.45) is 5.58. The fraction of sp³-hybridized carbons (Fsp3) is 0.571. The number of halogens is 1. The minimum Gasteiger partial charge on any atom is -0.488 e. The first-order chi connectivity index (χ1) is 14.6. The van der Waals surface area contributed by atoms with Gasteiger partial charge in [-0.1, -0.05) is 42.7 Å². The molecule has 0 radical (unpaired) electrons. The second-order valence-corrected chi connectivity index (χ2v) is 9.51. The molecule has 2 atom stereocenters. The fourth-order valence-corrected chi connectivity index (χ4v) is 4.95. The number of benzene rings is 1. The Morgan fingerprint density at radius 3 is 2.73 bits per heavy atom. The number of anilines is 1. The van der Waals surface area contributed by atoms with Crippen LogP contribution >= 0.6 is 22.9 Å². The first-order valence-electron chi connectivity index (χ1n) is 10.6. The summed E-state index contributed by atoms with van der Waals surface area (Å²) in [5, 5.41) is 16.3. The molecular weight excluding hydrogens is 422 g/mol. The molecule has 2 aliphatic rings. The Bertz CT molecular complexity index is 840. The number of carbonyl (C=O) groups excluding carboxylic acids is 1. The molecule has 1 aromatic heterocycles. The van der Waals surface area contributed by atoms with Gasteiger partial charge in [-0.3, -0.25) is 10.2 Å². The number of likely N-dealkylation sites (tertiary alicyclic amines) is 1. The number of hydrogen-bond acceptors (Lipinski definition) is 6. The van der Waals surface area contributed by atoms with E-state index in [9.17, 15) is 4.79 Å². The van der Waals surface area contributed by atoms with Gasteiger partial charge in [0.2, 0.25) is 5.13 Å². The molecule has 7 nitrogen and oxygen atoms in total. The van der Waals surface area contributed by atoms with Crippen molar-refractivity contribution in [2.75, 3.05) is 25.0 Å². The summed E-state index contributed by atoms with van der Waals surface area (Å²) < 4.78 is 6.00. The van der Waals surface area contributed by atoms with Crippen LogP contribution in [0.3, 0.4) is 0 Å². The first kappa shape index (κ1) is 21.3. The third-order valence-electron chi connectivity index (χ3n) is 5.75. The number of rotatable bonds is 7. The van der Waals surface area contributed by atoms with Crippen LogP contribution in [-0.4, -0.2) is 52.9 Å². The van der Waals surface area contributed by atoms with Crippen LogP contribution in [0.1, 0.15) is 37.6 Å². The van der Waals surface area contributed by atoms with Crippen molar-refractivity contribution >= 4 is 34.1 Å². The van der Waals surface area contributed by atoms with Crippen molar-refractivity contribution in [3.63, 3.8) is 0 Å². The van der Waals surface area contributed by atoms with E-state index in [0.29, 0.717) is 11.0 Å². The maximum absolute atomic E-state index is 12.4. The monoisotopic (exact) mass is 449 g/mol. The minimum absolute atomic E-state index is 0.182. The third-order valence-corrected chi connectivity index (χ3v) is 6.98. The number of amides is 2. The average molecular weight is 450 g/mol. The number of nitrogens with one attached hydrogen (secondary N) is 2. The quantitative estimate of drug-likeness (QED) is 0.662. The summed E-state index contributed by atoms with van der Waals surface area (Å²) in [6, 6.07) is 7.52. The predicted octanol–water partition coefficient (Wildman–Crippen LogP) is 4.20. The Kier molecular flexibility index (Phi) is 7.07. The highest BCUT2D eigenvalue weighted by atomic mass is 35.5. The Balaban J connectivity index is 1.23. The second-order valence-electron chi connectivity index (χ2n) is 8.02. The van der Waals surface area contributed by atoms with Gasteiger partial charge in [-0.15, -0.1) is 10.2 Å². The second kappa shape index (κ2) is 9.94. The summed E-state index contributed by atoms with van der Waals surface area (Å²) in [5.41, 5.74) is 0. The molecule has 0 unspecified atom stereocenters. The lowest BCUT2D eigenvalue weighted by Gasteiger charge is -2.43. The van der Waals surface area contributed by atoms with Crippen molar-refractivity contribution in [2.45, 2.75) is 51.2 Å². The lowest BCUT2D eigenvalue weighted by molar-refractivity contribution is 0.00323. The highest BCUT2D eigenvalue weighted by molar-refractivity contribution is 7.15. The van der Waals surface area contributed by atoms with Gasteiger partial charge in [0, 0.05) is 30.7 Å². The molecule has 0 bridgehead atoms. The molecule has 2 N–H and O–H groups in total. The Morgan fingerprint density at radius 1 is 1.23 bits per heavy atom. The fourth-order valence-electron chi connectivity index (χ4n) is 4.15. The van der Waals surface area contributed by atoms with E-state index in [1.54, 1.807) is 0 Å². The predicted molar refractivity (Wildman–Crippen MR) is 119 cm³/mol. The van der Waals surface area contributed by atoms with Gasteiger partial charge in [0.05, 0.1) is 0 Å². The van der Waals surface area contributed by atoms with Crippen LogP contribution in [0.25, 0.3) is 0 Å². The van der Waals surface area contributed by atoms with Crippen molar-refractivity contribution in [1.82, 2.24) is 20.4 Å². The molecule has 1 aliphatic carbocycles. The maximum atomic E-state index is 12.4. The lowest BCUT2D eigenvalue weighted by Crippen LogP contribution is -2.57. The van der Waals surface area contributed by atoms with Crippen LogP contribution in [0, 0.1) is 5.92 Å². The zero-order chi connectivity index (χ0) is 20.9. The molecule has 1 aromatic carbocycles. The smallest absolute Gasteiger partial charge is 0.321 e. The Labute approximate surface area is 186 Å². The zero-order valence-corrected chi connectivity index (χ0v) is 18.7. The highest BCUT2D eigenvalue weighted by Gasteiger charge is 2.34. The van der Waals surface area contributed by atoms with Crippen molar-refractivity contribution in [3.8, 4) is 5.75 Å². The van der Waals surface area contributed by atoms with E-state index in [0.717, 1.165) is 61.1 Å². The number of hydrogen-bond donors (Lipinski definition) is 2.